The number of ketones is 1. The summed E-state index contributed by atoms with van der Waals surface area (Å²) in [7, 11) is 0. The molecule has 4 nitrogen and oxygen atoms in total. The highest BCUT2D eigenvalue weighted by atomic mass is 16.1. The molecule has 0 aromatic heterocycles. The Kier molecular flexibility index (Phi) is 4.70. The van der Waals surface area contributed by atoms with E-state index in [0.29, 0.717) is 5.78 Å². The zero-order chi connectivity index (χ0) is 22.5. The number of para-hydroxylation sites is 1. The lowest BCUT2D eigenvalue weighted by Gasteiger charge is -2.36. The van der Waals surface area contributed by atoms with Crippen LogP contribution in [0.1, 0.15) is 42.7 Å². The van der Waals surface area contributed by atoms with Crippen LogP contribution in [-0.4, -0.2) is 17.9 Å². The third kappa shape index (κ3) is 3.21. The second kappa shape index (κ2) is 7.75. The van der Waals surface area contributed by atoms with Gasteiger partial charge in [0.2, 0.25) is 0 Å². The summed E-state index contributed by atoms with van der Waals surface area (Å²) in [4.78, 5) is 16.2. The number of carbonyl (C=O) groups is 1. The summed E-state index contributed by atoms with van der Waals surface area (Å²) < 4.78 is 0. The summed E-state index contributed by atoms with van der Waals surface area (Å²) in [6.45, 7) is 0. The molecule has 2 aliphatic heterocycles. The first-order valence-electron chi connectivity index (χ1n) is 11.9. The number of hydrogen-bond donors (Lipinski definition) is 0. The van der Waals surface area contributed by atoms with Gasteiger partial charge in [0.1, 0.15) is 17.7 Å². The molecule has 3 fully saturated rings. The van der Waals surface area contributed by atoms with Gasteiger partial charge in [-0.25, -0.2) is 0 Å². The van der Waals surface area contributed by atoms with Gasteiger partial charge in [0.25, 0.3) is 0 Å². The summed E-state index contributed by atoms with van der Waals surface area (Å²) in [5.74, 6) is 0.530. The molecule has 0 spiro atoms. The van der Waals surface area contributed by atoms with Gasteiger partial charge in [-0.2, -0.15) is 10.5 Å². The summed E-state index contributed by atoms with van der Waals surface area (Å²) in [6, 6.07) is 22.6. The van der Waals surface area contributed by atoms with E-state index in [9.17, 15) is 15.3 Å². The Balaban J connectivity index is 1.61. The van der Waals surface area contributed by atoms with Crippen molar-refractivity contribution in [3.8, 4) is 12.1 Å². The zero-order valence-electron chi connectivity index (χ0n) is 18.4. The van der Waals surface area contributed by atoms with Gasteiger partial charge in [0.05, 0.1) is 12.1 Å². The molecule has 1 saturated heterocycles. The van der Waals surface area contributed by atoms with Crippen LogP contribution in [-0.2, 0) is 4.79 Å². The standard InChI is InChI=1S/C29H25N3O/c30-16-22(17-31)25(20-10-11-20)27-24-15-14-18-6-4-5-9-23(18)32(24)28(29(33)21-12-13-21)26(27)19-7-2-1-3-8-19/h1-9,14-15,20-21,24,26-28H,10-13H2/t24-,26-,27-,28+/m1/s1. The van der Waals surface area contributed by atoms with E-state index in [1.165, 1.54) is 0 Å². The normalized spacial score (nSPS) is 27.2. The Morgan fingerprint density at radius 2 is 1.55 bits per heavy atom. The average molecular weight is 432 g/mol. The molecule has 2 saturated carbocycles. The van der Waals surface area contributed by atoms with Crippen molar-refractivity contribution in [3.63, 3.8) is 0 Å². The van der Waals surface area contributed by atoms with Gasteiger partial charge in [-0.3, -0.25) is 4.79 Å². The minimum absolute atomic E-state index is 0.0508. The Hall–Kier alpha value is -3.63. The fourth-order valence-corrected chi connectivity index (χ4v) is 6.09. The number of rotatable bonds is 5. The first kappa shape index (κ1) is 20.0. The van der Waals surface area contributed by atoms with E-state index in [2.05, 4.69) is 53.5 Å². The molecule has 0 N–H and O–H groups in total. The maximum absolute atomic E-state index is 13.9. The smallest absolute Gasteiger partial charge is 0.158 e. The maximum atomic E-state index is 13.9. The van der Waals surface area contributed by atoms with Crippen LogP contribution in [0.4, 0.5) is 5.69 Å². The number of hydrogen-bond acceptors (Lipinski definition) is 4. The van der Waals surface area contributed by atoms with E-state index in [-0.39, 0.29) is 41.3 Å². The number of fused-ring (bicyclic) bond motifs is 3. The molecule has 4 atom stereocenters. The molecular weight excluding hydrogens is 406 g/mol. The molecule has 2 heterocycles. The Morgan fingerprint density at radius 1 is 0.879 bits per heavy atom. The summed E-state index contributed by atoms with van der Waals surface area (Å²) in [5, 5.41) is 19.8. The zero-order valence-corrected chi connectivity index (χ0v) is 18.4. The predicted molar refractivity (Wildman–Crippen MR) is 127 cm³/mol. The number of nitriles is 2. The van der Waals surface area contributed by atoms with E-state index in [0.717, 1.165) is 48.1 Å². The third-order valence-corrected chi connectivity index (χ3v) is 7.75. The van der Waals surface area contributed by atoms with E-state index in [4.69, 9.17) is 0 Å². The summed E-state index contributed by atoms with van der Waals surface area (Å²) in [5.41, 5.74) is 4.54. The van der Waals surface area contributed by atoms with E-state index in [1.807, 2.05) is 30.3 Å². The van der Waals surface area contributed by atoms with Crippen molar-refractivity contribution in [1.29, 1.82) is 10.5 Å². The number of anilines is 1. The first-order valence-corrected chi connectivity index (χ1v) is 11.9. The van der Waals surface area contributed by atoms with Crippen molar-refractivity contribution in [2.24, 2.45) is 17.8 Å². The second-order valence-electron chi connectivity index (χ2n) is 9.73. The lowest BCUT2D eigenvalue weighted by molar-refractivity contribution is -0.121. The molecule has 2 aromatic carbocycles. The Morgan fingerprint density at radius 3 is 2.21 bits per heavy atom. The maximum Gasteiger partial charge on any atom is 0.158 e. The van der Waals surface area contributed by atoms with Gasteiger partial charge < -0.3 is 4.90 Å². The molecule has 4 aliphatic rings. The quantitative estimate of drug-likeness (QED) is 0.594. The molecule has 0 bridgehead atoms. The molecule has 4 heteroatoms. The molecule has 2 aliphatic carbocycles. The molecule has 0 unspecified atom stereocenters. The number of Topliss-reactive ketones (excluding diaryl/α,β-unsaturated/α-hetero) is 1. The van der Waals surface area contributed by atoms with Crippen molar-refractivity contribution < 1.29 is 4.79 Å². The topological polar surface area (TPSA) is 67.9 Å². The molecule has 6 rings (SSSR count). The largest absolute Gasteiger partial charge is 0.353 e. The monoisotopic (exact) mass is 431 g/mol. The second-order valence-corrected chi connectivity index (χ2v) is 9.73. The van der Waals surface area contributed by atoms with E-state index < -0.39 is 0 Å². The van der Waals surface area contributed by atoms with Gasteiger partial charge in [-0.15, -0.1) is 0 Å². The molecule has 162 valence electrons. The predicted octanol–water partition coefficient (Wildman–Crippen LogP) is 5.40. The molecular formula is C29H25N3O. The number of allylic oxidation sites excluding steroid dienone is 1. The van der Waals surface area contributed by atoms with Crippen molar-refractivity contribution in [1.82, 2.24) is 0 Å². The van der Waals surface area contributed by atoms with Crippen LogP contribution in [0.25, 0.3) is 6.08 Å². The molecule has 0 radical (unpaired) electrons. The van der Waals surface area contributed by atoms with Crippen LogP contribution in [0.5, 0.6) is 0 Å². The van der Waals surface area contributed by atoms with Gasteiger partial charge in [0, 0.05) is 23.4 Å². The van der Waals surface area contributed by atoms with Crippen LogP contribution in [0, 0.1) is 40.4 Å². The van der Waals surface area contributed by atoms with Crippen LogP contribution in [0.3, 0.4) is 0 Å². The van der Waals surface area contributed by atoms with Crippen LogP contribution < -0.4 is 4.90 Å². The summed E-state index contributed by atoms with van der Waals surface area (Å²) >= 11 is 0. The molecule has 33 heavy (non-hydrogen) atoms. The lowest BCUT2D eigenvalue weighted by atomic mass is 9.73. The highest BCUT2D eigenvalue weighted by molar-refractivity contribution is 5.95. The van der Waals surface area contributed by atoms with Gasteiger partial charge in [-0.05, 0) is 54.4 Å². The van der Waals surface area contributed by atoms with Crippen LogP contribution >= 0.6 is 0 Å². The number of benzene rings is 2. The van der Waals surface area contributed by atoms with Crippen molar-refractivity contribution in [2.75, 3.05) is 4.90 Å². The average Bonchev–Trinajstić information content (AvgIpc) is 3.78. The third-order valence-electron chi connectivity index (χ3n) is 7.75. The Bertz CT molecular complexity index is 1240. The first-order chi connectivity index (χ1) is 16.2. The highest BCUT2D eigenvalue weighted by Gasteiger charge is 2.57. The molecule has 2 aromatic rings. The SMILES string of the molecule is N#CC(C#N)=C(C1CC1)[C@@H]1[C@@H](c2ccccc2)[C@@H](C(=O)C2CC2)N2c3ccccc3C=C[C@H]12. The fourth-order valence-electron chi connectivity index (χ4n) is 6.09. The van der Waals surface area contributed by atoms with E-state index >= 15 is 0 Å². The summed E-state index contributed by atoms with van der Waals surface area (Å²) in [6.07, 6.45) is 8.30. The molecule has 0 amide bonds. The lowest BCUT2D eigenvalue weighted by Crippen LogP contribution is -2.44. The van der Waals surface area contributed by atoms with Crippen LogP contribution in [0.15, 0.2) is 71.8 Å². The van der Waals surface area contributed by atoms with Crippen molar-refractivity contribution in [3.05, 3.63) is 82.9 Å². The number of nitrogens with zero attached hydrogens (tertiary/aromatic N) is 3. The van der Waals surface area contributed by atoms with Gasteiger partial charge >= 0.3 is 0 Å². The minimum Gasteiger partial charge on any atom is -0.353 e. The van der Waals surface area contributed by atoms with Gasteiger partial charge in [0.15, 0.2) is 5.78 Å². The van der Waals surface area contributed by atoms with E-state index in [1.54, 1.807) is 0 Å². The van der Waals surface area contributed by atoms with Crippen LogP contribution in [0.2, 0.25) is 0 Å². The number of carbonyl (C=O) groups excluding carboxylic acids is 1. The highest BCUT2D eigenvalue weighted by Crippen LogP contribution is 2.57. The minimum atomic E-state index is -0.298. The fraction of sp³-hybridized carbons (Fsp3) is 0.345. The van der Waals surface area contributed by atoms with Crippen molar-refractivity contribution in [2.45, 2.75) is 43.7 Å². The Labute approximate surface area is 194 Å². The van der Waals surface area contributed by atoms with Gasteiger partial charge in [-0.1, -0.05) is 60.7 Å². The van der Waals surface area contributed by atoms with Crippen molar-refractivity contribution >= 4 is 17.5 Å².